The van der Waals surface area contributed by atoms with Gasteiger partial charge in [-0.05, 0) is 24.8 Å². The summed E-state index contributed by atoms with van der Waals surface area (Å²) in [4.78, 5) is 25.7. The van der Waals surface area contributed by atoms with Crippen LogP contribution in [0.15, 0.2) is 6.07 Å². The Morgan fingerprint density at radius 1 is 1.33 bits per heavy atom. The molecular formula is C15H23N3O3. The van der Waals surface area contributed by atoms with Crippen LogP contribution in [0.1, 0.15) is 68.1 Å². The lowest BCUT2D eigenvalue weighted by atomic mass is 9.80. The van der Waals surface area contributed by atoms with Gasteiger partial charge in [-0.25, -0.2) is 4.79 Å². The highest BCUT2D eigenvalue weighted by Gasteiger charge is 2.46. The third-order valence-corrected chi connectivity index (χ3v) is 4.46. The van der Waals surface area contributed by atoms with Crippen molar-refractivity contribution in [1.82, 2.24) is 15.1 Å². The number of likely N-dealkylation sites (N-methyl/N-ethyl adjacent to an activating group) is 1. The van der Waals surface area contributed by atoms with Gasteiger partial charge in [0, 0.05) is 12.7 Å². The summed E-state index contributed by atoms with van der Waals surface area (Å²) in [5.41, 5.74) is 0.0684. The van der Waals surface area contributed by atoms with E-state index in [1.54, 1.807) is 13.1 Å². The number of carboxylic acids is 1. The van der Waals surface area contributed by atoms with Gasteiger partial charge in [-0.2, -0.15) is 5.10 Å². The molecule has 0 aliphatic heterocycles. The number of carboxylic acid groups (broad SMARTS) is 1. The fourth-order valence-corrected chi connectivity index (χ4v) is 2.94. The van der Waals surface area contributed by atoms with Crippen molar-refractivity contribution in [2.75, 3.05) is 7.05 Å². The van der Waals surface area contributed by atoms with E-state index in [4.69, 9.17) is 0 Å². The molecule has 6 heteroatoms. The van der Waals surface area contributed by atoms with Crippen LogP contribution in [0.25, 0.3) is 0 Å². The monoisotopic (exact) mass is 293 g/mol. The lowest BCUT2D eigenvalue weighted by Crippen LogP contribution is -2.56. The van der Waals surface area contributed by atoms with Crippen LogP contribution in [0.3, 0.4) is 0 Å². The first-order chi connectivity index (χ1) is 9.88. The zero-order valence-corrected chi connectivity index (χ0v) is 12.8. The summed E-state index contributed by atoms with van der Waals surface area (Å²) in [5, 5.41) is 16.5. The van der Waals surface area contributed by atoms with E-state index in [2.05, 4.69) is 10.2 Å². The van der Waals surface area contributed by atoms with Crippen LogP contribution in [-0.2, 0) is 4.79 Å². The molecule has 0 unspecified atom stereocenters. The second kappa shape index (κ2) is 5.87. The Morgan fingerprint density at radius 2 is 1.95 bits per heavy atom. The Labute approximate surface area is 124 Å². The molecule has 2 N–H and O–H groups in total. The van der Waals surface area contributed by atoms with Gasteiger partial charge in [0.1, 0.15) is 11.2 Å². The summed E-state index contributed by atoms with van der Waals surface area (Å²) in [5.74, 6) is -1.01. The van der Waals surface area contributed by atoms with Crippen molar-refractivity contribution >= 4 is 11.9 Å². The SMILES string of the molecule is CC(C)c1cc(C(=O)N(C)C2(C(=O)O)CCCCC2)n[nH]1. The second-order valence-corrected chi connectivity index (χ2v) is 6.12. The zero-order chi connectivity index (χ0) is 15.6. The number of rotatable bonds is 4. The predicted octanol–water partition coefficient (Wildman–Crippen LogP) is 2.39. The summed E-state index contributed by atoms with van der Waals surface area (Å²) < 4.78 is 0. The molecule has 1 aromatic heterocycles. The standard InChI is InChI=1S/C15H23N3O3/c1-10(2)11-9-12(17-16-11)13(19)18(3)15(14(20)21)7-5-4-6-8-15/h9-10H,4-8H2,1-3H3,(H,16,17)(H,20,21). The van der Waals surface area contributed by atoms with Gasteiger partial charge in [0.25, 0.3) is 5.91 Å². The minimum absolute atomic E-state index is 0.243. The van der Waals surface area contributed by atoms with E-state index in [9.17, 15) is 14.7 Å². The Hall–Kier alpha value is -1.85. The number of nitrogens with one attached hydrogen (secondary N) is 1. The average Bonchev–Trinajstić information content (AvgIpc) is 2.96. The summed E-state index contributed by atoms with van der Waals surface area (Å²) in [7, 11) is 1.57. The van der Waals surface area contributed by atoms with Crippen LogP contribution in [0.4, 0.5) is 0 Å². The van der Waals surface area contributed by atoms with Gasteiger partial charge in [0.2, 0.25) is 0 Å². The highest BCUT2D eigenvalue weighted by atomic mass is 16.4. The molecule has 116 valence electrons. The van der Waals surface area contributed by atoms with Crippen molar-refractivity contribution in [1.29, 1.82) is 0 Å². The van der Waals surface area contributed by atoms with E-state index in [0.29, 0.717) is 12.8 Å². The molecule has 0 aromatic carbocycles. The molecule has 6 nitrogen and oxygen atoms in total. The molecule has 0 radical (unpaired) electrons. The first-order valence-corrected chi connectivity index (χ1v) is 7.45. The lowest BCUT2D eigenvalue weighted by Gasteiger charge is -2.40. The molecular weight excluding hydrogens is 270 g/mol. The molecule has 1 saturated carbocycles. The van der Waals surface area contributed by atoms with Crippen LogP contribution in [0.2, 0.25) is 0 Å². The number of H-pyrrole nitrogens is 1. The van der Waals surface area contributed by atoms with E-state index in [0.717, 1.165) is 25.0 Å². The van der Waals surface area contributed by atoms with Crippen LogP contribution >= 0.6 is 0 Å². The van der Waals surface area contributed by atoms with Crippen LogP contribution in [0.5, 0.6) is 0 Å². The Morgan fingerprint density at radius 3 is 2.43 bits per heavy atom. The van der Waals surface area contributed by atoms with E-state index < -0.39 is 11.5 Å². The largest absolute Gasteiger partial charge is 0.479 e. The number of aromatic nitrogens is 2. The maximum absolute atomic E-state index is 12.6. The maximum Gasteiger partial charge on any atom is 0.329 e. The van der Waals surface area contributed by atoms with E-state index >= 15 is 0 Å². The molecule has 1 aliphatic carbocycles. The summed E-state index contributed by atoms with van der Waals surface area (Å²) in [6.45, 7) is 4.01. The normalized spacial score (nSPS) is 17.7. The van der Waals surface area contributed by atoms with Crippen molar-refractivity contribution in [3.63, 3.8) is 0 Å². The highest BCUT2D eigenvalue weighted by Crippen LogP contribution is 2.34. The third kappa shape index (κ3) is 2.80. The second-order valence-electron chi connectivity index (χ2n) is 6.12. The number of aliphatic carboxylic acids is 1. The molecule has 1 amide bonds. The molecule has 0 saturated heterocycles. The van der Waals surface area contributed by atoms with Gasteiger partial charge < -0.3 is 10.0 Å². The fraction of sp³-hybridized carbons (Fsp3) is 0.667. The van der Waals surface area contributed by atoms with E-state index in [-0.39, 0.29) is 17.5 Å². The predicted molar refractivity (Wildman–Crippen MR) is 78.2 cm³/mol. The Balaban J connectivity index is 2.25. The molecule has 1 heterocycles. The lowest BCUT2D eigenvalue weighted by molar-refractivity contribution is -0.151. The zero-order valence-electron chi connectivity index (χ0n) is 12.8. The van der Waals surface area contributed by atoms with Gasteiger partial charge in [0.15, 0.2) is 0 Å². The number of carbonyl (C=O) groups is 2. The Bertz CT molecular complexity index is 530. The minimum atomic E-state index is -1.09. The van der Waals surface area contributed by atoms with Crippen LogP contribution < -0.4 is 0 Å². The van der Waals surface area contributed by atoms with Gasteiger partial charge in [-0.1, -0.05) is 33.1 Å². The number of aromatic amines is 1. The summed E-state index contributed by atoms with van der Waals surface area (Å²) >= 11 is 0. The van der Waals surface area contributed by atoms with Crippen LogP contribution in [0, 0.1) is 0 Å². The van der Waals surface area contributed by atoms with Gasteiger partial charge in [-0.15, -0.1) is 0 Å². The number of carbonyl (C=O) groups excluding carboxylic acids is 1. The van der Waals surface area contributed by atoms with E-state index in [1.807, 2.05) is 13.8 Å². The van der Waals surface area contributed by atoms with Gasteiger partial charge in [-0.3, -0.25) is 9.89 Å². The summed E-state index contributed by atoms with van der Waals surface area (Å²) in [6, 6.07) is 1.71. The topological polar surface area (TPSA) is 86.3 Å². The minimum Gasteiger partial charge on any atom is -0.479 e. The molecule has 1 aromatic rings. The quantitative estimate of drug-likeness (QED) is 0.892. The van der Waals surface area contributed by atoms with E-state index in [1.165, 1.54) is 4.90 Å². The fourth-order valence-electron chi connectivity index (χ4n) is 2.94. The van der Waals surface area contributed by atoms with Crippen LogP contribution in [-0.4, -0.2) is 44.7 Å². The molecule has 0 spiro atoms. The number of nitrogens with zero attached hydrogens (tertiary/aromatic N) is 2. The van der Waals surface area contributed by atoms with Crippen molar-refractivity contribution in [3.8, 4) is 0 Å². The maximum atomic E-state index is 12.6. The number of hydrogen-bond acceptors (Lipinski definition) is 3. The van der Waals surface area contributed by atoms with Gasteiger partial charge >= 0.3 is 5.97 Å². The van der Waals surface area contributed by atoms with Gasteiger partial charge in [0.05, 0.1) is 0 Å². The molecule has 21 heavy (non-hydrogen) atoms. The first-order valence-electron chi connectivity index (χ1n) is 7.45. The molecule has 1 fully saturated rings. The molecule has 0 atom stereocenters. The molecule has 1 aliphatic rings. The molecule has 0 bridgehead atoms. The summed E-state index contributed by atoms with van der Waals surface area (Å²) in [6.07, 6.45) is 3.71. The smallest absolute Gasteiger partial charge is 0.329 e. The first kappa shape index (κ1) is 15.5. The van der Waals surface area contributed by atoms with Crippen molar-refractivity contribution < 1.29 is 14.7 Å². The number of amides is 1. The molecule has 2 rings (SSSR count). The third-order valence-electron chi connectivity index (χ3n) is 4.46. The van der Waals surface area contributed by atoms with Crippen molar-refractivity contribution in [2.24, 2.45) is 0 Å². The van der Waals surface area contributed by atoms with Crippen molar-refractivity contribution in [3.05, 3.63) is 17.5 Å². The number of hydrogen-bond donors (Lipinski definition) is 2. The average molecular weight is 293 g/mol. The highest BCUT2D eigenvalue weighted by molar-refractivity contribution is 5.96. The van der Waals surface area contributed by atoms with Crippen molar-refractivity contribution in [2.45, 2.75) is 57.4 Å². The Kier molecular flexibility index (Phi) is 4.34.